The van der Waals surface area contributed by atoms with E-state index in [1.54, 1.807) is 7.11 Å². The molecule has 0 aliphatic rings. The molecular weight excluding hydrogens is 396 g/mol. The number of ether oxygens (including phenoxy) is 1. The minimum Gasteiger partial charge on any atom is -0.497 e. The van der Waals surface area contributed by atoms with Crippen molar-refractivity contribution in [1.29, 1.82) is 0 Å². The number of quaternary nitrogens is 1. The van der Waals surface area contributed by atoms with Crippen molar-refractivity contribution in [1.82, 2.24) is 9.55 Å². The summed E-state index contributed by atoms with van der Waals surface area (Å²) in [6.45, 7) is 2.19. The lowest BCUT2D eigenvalue weighted by molar-refractivity contribution is -0.675. The summed E-state index contributed by atoms with van der Waals surface area (Å²) in [6.07, 6.45) is 0.642. The largest absolute Gasteiger partial charge is 0.497 e. The lowest BCUT2D eigenvalue weighted by atomic mass is 9.98. The molecule has 3 aromatic rings. The number of hydrogen-bond acceptors (Lipinski definition) is 5. The first-order valence-electron chi connectivity index (χ1n) is 10.1. The Morgan fingerprint density at radius 2 is 1.74 bits per heavy atom. The molecule has 8 nitrogen and oxygen atoms in total. The van der Waals surface area contributed by atoms with Crippen molar-refractivity contribution in [2.75, 3.05) is 19.4 Å². The highest BCUT2D eigenvalue weighted by molar-refractivity contribution is 6.00. The Hall–Kier alpha value is -3.65. The zero-order valence-electron chi connectivity index (χ0n) is 17.6. The summed E-state index contributed by atoms with van der Waals surface area (Å²) in [6, 6.07) is 17.2. The number of benzene rings is 2. The van der Waals surface area contributed by atoms with E-state index in [0.717, 1.165) is 16.9 Å². The summed E-state index contributed by atoms with van der Waals surface area (Å²) in [5.41, 5.74) is 6.49. The standard InChI is InChI=1S/C23H26N4O4/c1-3-13-27-21(24)19(22(29)26-23(27)30)18(28)14-25-20(15-7-5-4-6-8-15)16-9-11-17(31-2)12-10-16/h4-12,20,25H,3,13-14,24H2,1-2H3,(H,26,29,30)/p+1/t20-/m1/s1. The Labute approximate surface area is 179 Å². The number of nitrogens with one attached hydrogen (secondary N) is 1. The van der Waals surface area contributed by atoms with Gasteiger partial charge in [-0.05, 0) is 30.7 Å². The summed E-state index contributed by atoms with van der Waals surface area (Å²) < 4.78 is 6.46. The Balaban J connectivity index is 1.90. The first-order valence-corrected chi connectivity index (χ1v) is 10.1. The van der Waals surface area contributed by atoms with E-state index in [0.29, 0.717) is 13.0 Å². The Morgan fingerprint density at radius 3 is 2.35 bits per heavy atom. The zero-order valence-corrected chi connectivity index (χ0v) is 17.6. The quantitative estimate of drug-likeness (QED) is 0.444. The predicted molar refractivity (Wildman–Crippen MR) is 118 cm³/mol. The average molecular weight is 423 g/mol. The van der Waals surface area contributed by atoms with Gasteiger partial charge in [-0.25, -0.2) is 4.79 Å². The number of anilines is 1. The number of carbonyl (C=O) groups excluding carboxylic acids is 1. The van der Waals surface area contributed by atoms with E-state index in [4.69, 9.17) is 10.5 Å². The van der Waals surface area contributed by atoms with Crippen molar-refractivity contribution >= 4 is 11.6 Å². The normalized spacial score (nSPS) is 11.8. The van der Waals surface area contributed by atoms with Gasteiger partial charge >= 0.3 is 5.69 Å². The van der Waals surface area contributed by atoms with E-state index >= 15 is 0 Å². The summed E-state index contributed by atoms with van der Waals surface area (Å²) in [5, 5.41) is 1.85. The fraction of sp³-hybridized carbons (Fsp3) is 0.261. The van der Waals surface area contributed by atoms with Crippen LogP contribution in [0.25, 0.3) is 0 Å². The number of aromatic amines is 1. The van der Waals surface area contributed by atoms with Crippen LogP contribution in [-0.2, 0) is 6.54 Å². The van der Waals surface area contributed by atoms with Gasteiger partial charge in [-0.1, -0.05) is 37.3 Å². The second-order valence-corrected chi connectivity index (χ2v) is 7.20. The number of nitrogens with two attached hydrogens (primary N) is 2. The van der Waals surface area contributed by atoms with Crippen molar-refractivity contribution in [3.8, 4) is 5.75 Å². The number of rotatable bonds is 9. The molecule has 0 saturated heterocycles. The minimum atomic E-state index is -0.756. The molecule has 0 aliphatic heterocycles. The highest BCUT2D eigenvalue weighted by Gasteiger charge is 2.24. The third-order valence-electron chi connectivity index (χ3n) is 5.14. The topological polar surface area (TPSA) is 124 Å². The number of ketones is 1. The van der Waals surface area contributed by atoms with Crippen LogP contribution in [0, 0.1) is 0 Å². The molecule has 1 aromatic heterocycles. The second-order valence-electron chi connectivity index (χ2n) is 7.20. The number of aromatic nitrogens is 2. The van der Waals surface area contributed by atoms with Crippen LogP contribution in [-0.4, -0.2) is 29.0 Å². The van der Waals surface area contributed by atoms with Gasteiger partial charge in [0.05, 0.1) is 7.11 Å². The fourth-order valence-corrected chi connectivity index (χ4v) is 3.57. The number of hydrogen-bond donors (Lipinski definition) is 3. The molecule has 5 N–H and O–H groups in total. The van der Waals surface area contributed by atoms with Gasteiger partial charge in [-0.3, -0.25) is 19.1 Å². The summed E-state index contributed by atoms with van der Waals surface area (Å²) in [4.78, 5) is 39.5. The number of nitrogen functional groups attached to an aromatic ring is 1. The molecule has 3 rings (SSSR count). The monoisotopic (exact) mass is 423 g/mol. The molecule has 0 bridgehead atoms. The van der Waals surface area contributed by atoms with E-state index < -0.39 is 17.0 Å². The third-order valence-corrected chi connectivity index (χ3v) is 5.14. The maximum absolute atomic E-state index is 13.0. The molecule has 0 saturated carbocycles. The van der Waals surface area contributed by atoms with Gasteiger partial charge in [-0.15, -0.1) is 0 Å². The first-order chi connectivity index (χ1) is 15.0. The van der Waals surface area contributed by atoms with Gasteiger partial charge in [0.2, 0.25) is 5.78 Å². The minimum absolute atomic E-state index is 0.0107. The molecule has 1 atom stereocenters. The first kappa shape index (κ1) is 22.0. The molecule has 2 aromatic carbocycles. The molecule has 0 amide bonds. The van der Waals surface area contributed by atoms with E-state index in [1.165, 1.54) is 4.57 Å². The van der Waals surface area contributed by atoms with Gasteiger partial charge in [0.25, 0.3) is 5.56 Å². The average Bonchev–Trinajstić information content (AvgIpc) is 2.78. The van der Waals surface area contributed by atoms with E-state index in [-0.39, 0.29) is 24.0 Å². The van der Waals surface area contributed by atoms with E-state index in [9.17, 15) is 14.4 Å². The van der Waals surface area contributed by atoms with E-state index in [2.05, 4.69) is 4.98 Å². The summed E-state index contributed by atoms with van der Waals surface area (Å²) >= 11 is 0. The van der Waals surface area contributed by atoms with Crippen molar-refractivity contribution in [2.45, 2.75) is 25.9 Å². The maximum Gasteiger partial charge on any atom is 0.329 e. The lowest BCUT2D eigenvalue weighted by Crippen LogP contribution is -2.87. The molecule has 0 unspecified atom stereocenters. The van der Waals surface area contributed by atoms with Crippen LogP contribution in [0.1, 0.15) is 40.9 Å². The molecule has 0 spiro atoms. The smallest absolute Gasteiger partial charge is 0.329 e. The van der Waals surface area contributed by atoms with Crippen LogP contribution < -0.4 is 27.0 Å². The molecule has 0 fully saturated rings. The van der Waals surface area contributed by atoms with Gasteiger partial charge in [0.15, 0.2) is 0 Å². The van der Waals surface area contributed by atoms with Crippen molar-refractivity contribution < 1.29 is 14.8 Å². The van der Waals surface area contributed by atoms with Gasteiger partial charge in [0.1, 0.15) is 29.7 Å². The van der Waals surface area contributed by atoms with Crippen molar-refractivity contribution in [2.24, 2.45) is 0 Å². The van der Waals surface area contributed by atoms with Crippen LogP contribution in [0.4, 0.5) is 5.82 Å². The molecule has 0 aliphatic carbocycles. The second kappa shape index (κ2) is 9.90. The van der Waals surface area contributed by atoms with Crippen LogP contribution in [0.5, 0.6) is 5.75 Å². The molecule has 1 heterocycles. The SMILES string of the molecule is CCCn1c(N)c(C(=O)C[NH2+][C@H](c2ccccc2)c2ccc(OC)cc2)c(=O)[nH]c1=O. The summed E-state index contributed by atoms with van der Waals surface area (Å²) in [5.74, 6) is 0.219. The molecule has 162 valence electrons. The van der Waals surface area contributed by atoms with Crippen LogP contribution in [0.15, 0.2) is 64.2 Å². The molecule has 8 heteroatoms. The predicted octanol–water partition coefficient (Wildman–Crippen LogP) is 1.07. The number of H-pyrrole nitrogens is 1. The number of carbonyl (C=O) groups is 1. The van der Waals surface area contributed by atoms with Crippen molar-refractivity contribution in [3.63, 3.8) is 0 Å². The molecule has 31 heavy (non-hydrogen) atoms. The Kier molecular flexibility index (Phi) is 7.04. The molecule has 0 radical (unpaired) electrons. The lowest BCUT2D eigenvalue weighted by Gasteiger charge is -2.17. The number of methoxy groups -OCH3 is 1. The van der Waals surface area contributed by atoms with Gasteiger partial charge in [-0.2, -0.15) is 0 Å². The third kappa shape index (κ3) is 4.92. The van der Waals surface area contributed by atoms with Gasteiger partial charge in [0, 0.05) is 17.7 Å². The molecular formula is C23H27N4O4+. The maximum atomic E-state index is 13.0. The highest BCUT2D eigenvalue weighted by atomic mass is 16.5. The number of Topliss-reactive ketones (excluding diaryl/α,β-unsaturated/α-hetero) is 1. The van der Waals surface area contributed by atoms with E-state index in [1.807, 2.05) is 66.8 Å². The van der Waals surface area contributed by atoms with Gasteiger partial charge < -0.3 is 15.8 Å². The van der Waals surface area contributed by atoms with Crippen LogP contribution in [0.3, 0.4) is 0 Å². The van der Waals surface area contributed by atoms with Crippen LogP contribution >= 0.6 is 0 Å². The Bertz CT molecular complexity index is 1150. The number of nitrogens with zero attached hydrogens (tertiary/aromatic N) is 1. The van der Waals surface area contributed by atoms with Crippen LogP contribution in [0.2, 0.25) is 0 Å². The van der Waals surface area contributed by atoms with Crippen molar-refractivity contribution in [3.05, 3.63) is 92.1 Å². The summed E-state index contributed by atoms with van der Waals surface area (Å²) in [7, 11) is 1.61. The zero-order chi connectivity index (χ0) is 22.4. The highest BCUT2D eigenvalue weighted by Crippen LogP contribution is 2.21. The fourth-order valence-electron chi connectivity index (χ4n) is 3.57. The Morgan fingerprint density at radius 1 is 1.10 bits per heavy atom.